The van der Waals surface area contributed by atoms with Gasteiger partial charge in [0.05, 0.1) is 18.2 Å². The van der Waals surface area contributed by atoms with Gasteiger partial charge in [0, 0.05) is 23.3 Å². The van der Waals surface area contributed by atoms with Crippen molar-refractivity contribution in [3.63, 3.8) is 0 Å². The summed E-state index contributed by atoms with van der Waals surface area (Å²) in [5.74, 6) is 1.13. The zero-order valence-corrected chi connectivity index (χ0v) is 14.3. The molecule has 0 spiro atoms. The summed E-state index contributed by atoms with van der Waals surface area (Å²) in [6.45, 7) is 0. The lowest BCUT2D eigenvalue weighted by Crippen LogP contribution is -2.17. The first-order valence-electron chi connectivity index (χ1n) is 7.89. The Morgan fingerprint density at radius 1 is 1.19 bits per heavy atom. The van der Waals surface area contributed by atoms with E-state index in [1.54, 1.807) is 55.6 Å². The molecule has 1 N–H and O–H groups in total. The zero-order chi connectivity index (χ0) is 19.2. The number of carbonyl (C=O) groups excluding carboxylic acids is 1. The van der Waals surface area contributed by atoms with Crippen molar-refractivity contribution >= 4 is 17.8 Å². The van der Waals surface area contributed by atoms with Gasteiger partial charge in [-0.25, -0.2) is 5.43 Å². The van der Waals surface area contributed by atoms with Gasteiger partial charge < -0.3 is 9.15 Å². The van der Waals surface area contributed by atoms with Gasteiger partial charge in [-0.05, 0) is 36.4 Å². The maximum atomic E-state index is 12.0. The van der Waals surface area contributed by atoms with E-state index in [0.717, 1.165) is 0 Å². The van der Waals surface area contributed by atoms with Gasteiger partial charge in [0.2, 0.25) is 0 Å². The van der Waals surface area contributed by atoms with Crippen LogP contribution in [-0.2, 0) is 0 Å². The van der Waals surface area contributed by atoms with Crippen LogP contribution in [0, 0.1) is 10.1 Å². The number of nitro groups is 1. The van der Waals surface area contributed by atoms with E-state index in [9.17, 15) is 14.9 Å². The summed E-state index contributed by atoms with van der Waals surface area (Å²) >= 11 is 0. The van der Waals surface area contributed by atoms with Crippen molar-refractivity contribution in [2.24, 2.45) is 5.10 Å². The molecule has 0 aliphatic rings. The van der Waals surface area contributed by atoms with Gasteiger partial charge in [-0.2, -0.15) is 5.10 Å². The van der Waals surface area contributed by atoms with E-state index in [0.29, 0.717) is 28.4 Å². The molecule has 0 saturated carbocycles. The minimum atomic E-state index is -0.469. The Morgan fingerprint density at radius 3 is 2.67 bits per heavy atom. The van der Waals surface area contributed by atoms with Crippen LogP contribution in [0.15, 0.2) is 70.2 Å². The molecular formula is C19H15N3O5. The summed E-state index contributed by atoms with van der Waals surface area (Å²) in [5, 5.41) is 14.7. The number of rotatable bonds is 6. The zero-order valence-electron chi connectivity index (χ0n) is 14.3. The van der Waals surface area contributed by atoms with Crippen LogP contribution in [0.25, 0.3) is 11.3 Å². The first-order valence-corrected chi connectivity index (χ1v) is 7.89. The van der Waals surface area contributed by atoms with Crippen molar-refractivity contribution in [2.75, 3.05) is 7.11 Å². The molecule has 0 saturated heterocycles. The first-order chi connectivity index (χ1) is 13.1. The first kappa shape index (κ1) is 17.9. The second-order valence-electron chi connectivity index (χ2n) is 5.44. The molecule has 1 heterocycles. The van der Waals surface area contributed by atoms with Crippen LogP contribution in [0.3, 0.4) is 0 Å². The van der Waals surface area contributed by atoms with Gasteiger partial charge in [-0.1, -0.05) is 12.1 Å². The second-order valence-corrected chi connectivity index (χ2v) is 5.44. The van der Waals surface area contributed by atoms with E-state index >= 15 is 0 Å². The molecule has 0 fully saturated rings. The number of nitrogens with one attached hydrogen (secondary N) is 1. The monoisotopic (exact) mass is 365 g/mol. The Hall–Kier alpha value is -3.94. The van der Waals surface area contributed by atoms with E-state index in [1.807, 2.05) is 0 Å². The molecule has 2 aromatic carbocycles. The summed E-state index contributed by atoms with van der Waals surface area (Å²) < 4.78 is 10.6. The lowest BCUT2D eigenvalue weighted by atomic mass is 10.1. The fourth-order valence-electron chi connectivity index (χ4n) is 2.31. The number of ether oxygens (including phenoxy) is 1. The highest BCUT2D eigenvalue weighted by atomic mass is 16.6. The lowest BCUT2D eigenvalue weighted by molar-refractivity contribution is -0.384. The molecule has 3 rings (SSSR count). The molecule has 0 bridgehead atoms. The predicted octanol–water partition coefficient (Wildman–Crippen LogP) is 3.63. The van der Waals surface area contributed by atoms with Gasteiger partial charge >= 0.3 is 0 Å². The Morgan fingerprint density at radius 2 is 1.96 bits per heavy atom. The number of hydrogen-bond donors (Lipinski definition) is 1. The lowest BCUT2D eigenvalue weighted by Gasteiger charge is -2.01. The molecule has 1 aromatic heterocycles. The third-order valence-corrected chi connectivity index (χ3v) is 3.68. The molecule has 27 heavy (non-hydrogen) atoms. The van der Waals surface area contributed by atoms with E-state index < -0.39 is 4.92 Å². The number of benzene rings is 2. The normalized spacial score (nSPS) is 10.7. The third kappa shape index (κ3) is 4.37. The number of amides is 1. The smallest absolute Gasteiger partial charge is 0.271 e. The van der Waals surface area contributed by atoms with Crippen molar-refractivity contribution < 1.29 is 18.9 Å². The number of nitro benzene ring substituents is 1. The summed E-state index contributed by atoms with van der Waals surface area (Å²) in [4.78, 5) is 22.4. The maximum absolute atomic E-state index is 12.0. The SMILES string of the molecule is COc1ccc(C(=O)NN=Cc2ccc(-c3cccc([N+](=O)[O-])c3)o2)cc1. The Balaban J connectivity index is 1.65. The summed E-state index contributed by atoms with van der Waals surface area (Å²) in [6.07, 6.45) is 1.35. The summed E-state index contributed by atoms with van der Waals surface area (Å²) in [7, 11) is 1.55. The summed E-state index contributed by atoms with van der Waals surface area (Å²) in [6, 6.07) is 16.0. The Bertz CT molecular complexity index is 993. The summed E-state index contributed by atoms with van der Waals surface area (Å²) in [5.41, 5.74) is 3.39. The third-order valence-electron chi connectivity index (χ3n) is 3.68. The molecule has 0 radical (unpaired) electrons. The van der Waals surface area contributed by atoms with Gasteiger partial charge in [-0.15, -0.1) is 0 Å². The van der Waals surface area contributed by atoms with Crippen LogP contribution < -0.4 is 10.2 Å². The van der Waals surface area contributed by atoms with Crippen LogP contribution in [0.1, 0.15) is 16.1 Å². The van der Waals surface area contributed by atoms with E-state index in [1.165, 1.54) is 18.3 Å². The largest absolute Gasteiger partial charge is 0.497 e. The molecule has 8 heteroatoms. The van der Waals surface area contributed by atoms with Gasteiger partial charge in [0.1, 0.15) is 17.3 Å². The van der Waals surface area contributed by atoms with Crippen LogP contribution in [-0.4, -0.2) is 24.2 Å². The van der Waals surface area contributed by atoms with Crippen LogP contribution in [0.4, 0.5) is 5.69 Å². The van der Waals surface area contributed by atoms with Crippen molar-refractivity contribution in [1.82, 2.24) is 5.43 Å². The predicted molar refractivity (Wildman–Crippen MR) is 98.9 cm³/mol. The average molecular weight is 365 g/mol. The molecular weight excluding hydrogens is 350 g/mol. The van der Waals surface area contributed by atoms with Gasteiger partial charge in [0.15, 0.2) is 0 Å². The second kappa shape index (κ2) is 7.96. The molecule has 0 unspecified atom stereocenters. The molecule has 0 aliphatic carbocycles. The Kier molecular flexibility index (Phi) is 5.27. The number of non-ortho nitro benzene ring substituents is 1. The van der Waals surface area contributed by atoms with Crippen LogP contribution >= 0.6 is 0 Å². The highest BCUT2D eigenvalue weighted by Gasteiger charge is 2.10. The Labute approximate surface area is 154 Å². The fraction of sp³-hybridized carbons (Fsp3) is 0.0526. The molecule has 1 amide bonds. The average Bonchev–Trinajstić information content (AvgIpc) is 3.17. The van der Waals surface area contributed by atoms with E-state index in [2.05, 4.69) is 10.5 Å². The topological polar surface area (TPSA) is 107 Å². The standard InChI is InChI=1S/C19H15N3O5/c1-26-16-7-5-13(6-8-16)19(23)21-20-12-17-9-10-18(27-17)14-3-2-4-15(11-14)22(24)25/h2-12H,1H3,(H,21,23). The van der Waals surface area contributed by atoms with Gasteiger partial charge in [0.25, 0.3) is 11.6 Å². The minimum Gasteiger partial charge on any atom is -0.497 e. The maximum Gasteiger partial charge on any atom is 0.271 e. The molecule has 8 nitrogen and oxygen atoms in total. The highest BCUT2D eigenvalue weighted by molar-refractivity contribution is 5.94. The highest BCUT2D eigenvalue weighted by Crippen LogP contribution is 2.25. The van der Waals surface area contributed by atoms with Gasteiger partial charge in [-0.3, -0.25) is 14.9 Å². The molecule has 136 valence electrons. The minimum absolute atomic E-state index is 0.0223. The van der Waals surface area contributed by atoms with Crippen LogP contribution in [0.2, 0.25) is 0 Å². The molecule has 0 atom stereocenters. The number of hydrogen-bond acceptors (Lipinski definition) is 6. The quantitative estimate of drug-likeness (QED) is 0.408. The fourth-order valence-corrected chi connectivity index (χ4v) is 2.31. The number of nitrogens with zero attached hydrogens (tertiary/aromatic N) is 2. The van der Waals surface area contributed by atoms with Crippen molar-refractivity contribution in [3.8, 4) is 17.1 Å². The molecule has 0 aliphatic heterocycles. The number of methoxy groups -OCH3 is 1. The van der Waals surface area contributed by atoms with E-state index in [-0.39, 0.29) is 11.6 Å². The van der Waals surface area contributed by atoms with Crippen molar-refractivity contribution in [3.05, 3.63) is 82.1 Å². The van der Waals surface area contributed by atoms with Crippen LogP contribution in [0.5, 0.6) is 5.75 Å². The number of carbonyl (C=O) groups is 1. The number of hydrazone groups is 1. The van der Waals surface area contributed by atoms with Crippen molar-refractivity contribution in [2.45, 2.75) is 0 Å². The van der Waals surface area contributed by atoms with E-state index in [4.69, 9.17) is 9.15 Å². The molecule has 3 aromatic rings. The van der Waals surface area contributed by atoms with Crippen molar-refractivity contribution in [1.29, 1.82) is 0 Å². The number of furan rings is 1.